The molecule has 0 radical (unpaired) electrons. The highest BCUT2D eigenvalue weighted by molar-refractivity contribution is 5.85. The number of hydrogen-bond donors (Lipinski definition) is 1. The minimum Gasteiger partial charge on any atom is -0.399 e. The number of carbonyl (C=O) groups is 1. The van der Waals surface area contributed by atoms with E-state index in [1.165, 1.54) is 11.1 Å². The molecule has 1 aliphatic carbocycles. The van der Waals surface area contributed by atoms with Gasteiger partial charge >= 0.3 is 0 Å². The molecule has 2 atom stereocenters. The third-order valence-electron chi connectivity index (χ3n) is 4.07. The fourth-order valence-electron chi connectivity index (χ4n) is 2.76. The van der Waals surface area contributed by atoms with Gasteiger partial charge in [0.2, 0.25) is 0 Å². The number of anilines is 1. The molecule has 3 rings (SSSR count). The number of Topliss-reactive ketones (excluding diaryl/α,β-unsaturated/α-hetero) is 1. The average Bonchev–Trinajstić information content (AvgIpc) is 3.28. The molecule has 0 aliphatic heterocycles. The van der Waals surface area contributed by atoms with Gasteiger partial charge in [-0.3, -0.25) is 4.79 Å². The summed E-state index contributed by atoms with van der Waals surface area (Å²) in [4.78, 5) is 12.2. The minimum absolute atomic E-state index is 0.242. The molecule has 1 fully saturated rings. The molecule has 2 nitrogen and oxygen atoms in total. The van der Waals surface area contributed by atoms with E-state index in [2.05, 4.69) is 12.1 Å². The highest BCUT2D eigenvalue weighted by Crippen LogP contribution is 2.48. The minimum atomic E-state index is 0.242. The zero-order chi connectivity index (χ0) is 13.9. The van der Waals surface area contributed by atoms with Crippen LogP contribution in [0.4, 0.5) is 5.69 Å². The van der Waals surface area contributed by atoms with Crippen molar-refractivity contribution in [2.24, 2.45) is 5.92 Å². The van der Waals surface area contributed by atoms with Gasteiger partial charge in [0.25, 0.3) is 0 Å². The molecule has 0 spiro atoms. The first-order valence-corrected chi connectivity index (χ1v) is 7.16. The second kappa shape index (κ2) is 5.49. The van der Waals surface area contributed by atoms with Crippen LogP contribution in [-0.4, -0.2) is 5.78 Å². The highest BCUT2D eigenvalue weighted by Gasteiger charge is 2.42. The van der Waals surface area contributed by atoms with Crippen molar-refractivity contribution in [2.45, 2.75) is 25.2 Å². The molecule has 2 heteroatoms. The summed E-state index contributed by atoms with van der Waals surface area (Å²) < 4.78 is 0. The van der Waals surface area contributed by atoms with Crippen LogP contribution < -0.4 is 5.73 Å². The summed E-state index contributed by atoms with van der Waals surface area (Å²) in [7, 11) is 0. The lowest BCUT2D eigenvalue weighted by atomic mass is 10.0. The van der Waals surface area contributed by atoms with Gasteiger partial charge in [0, 0.05) is 18.0 Å². The van der Waals surface area contributed by atoms with Crippen LogP contribution in [0.25, 0.3) is 0 Å². The molecule has 20 heavy (non-hydrogen) atoms. The maximum absolute atomic E-state index is 12.2. The van der Waals surface area contributed by atoms with Gasteiger partial charge in [-0.1, -0.05) is 42.5 Å². The molecule has 1 saturated carbocycles. The Kier molecular flexibility index (Phi) is 3.55. The van der Waals surface area contributed by atoms with Crippen molar-refractivity contribution in [1.82, 2.24) is 0 Å². The standard InChI is InChI=1S/C18H19NO/c19-15-9-6-13(7-10-15)8-11-18(20)17-12-16(17)14-4-2-1-3-5-14/h1-7,9-10,16-17H,8,11-12,19H2. The summed E-state index contributed by atoms with van der Waals surface area (Å²) in [6.45, 7) is 0. The van der Waals surface area contributed by atoms with Crippen LogP contribution in [0.3, 0.4) is 0 Å². The van der Waals surface area contributed by atoms with Gasteiger partial charge in [-0.25, -0.2) is 0 Å². The van der Waals surface area contributed by atoms with Gasteiger partial charge in [0.15, 0.2) is 0 Å². The second-order valence-corrected chi connectivity index (χ2v) is 5.57. The Bertz CT molecular complexity index is 589. The van der Waals surface area contributed by atoms with E-state index in [0.717, 1.165) is 18.5 Å². The van der Waals surface area contributed by atoms with Crippen molar-refractivity contribution >= 4 is 11.5 Å². The maximum Gasteiger partial charge on any atom is 0.136 e. The Morgan fingerprint density at radius 2 is 1.75 bits per heavy atom. The fourth-order valence-corrected chi connectivity index (χ4v) is 2.76. The van der Waals surface area contributed by atoms with E-state index in [1.54, 1.807) is 0 Å². The molecule has 1 aliphatic rings. The number of rotatable bonds is 5. The molecule has 0 aromatic heterocycles. The highest BCUT2D eigenvalue weighted by atomic mass is 16.1. The Balaban J connectivity index is 1.53. The smallest absolute Gasteiger partial charge is 0.136 e. The number of ketones is 1. The Hall–Kier alpha value is -2.09. The van der Waals surface area contributed by atoms with Gasteiger partial charge in [-0.2, -0.15) is 0 Å². The summed E-state index contributed by atoms with van der Waals surface area (Å²) in [5.74, 6) is 1.09. The van der Waals surface area contributed by atoms with Crippen LogP contribution in [-0.2, 0) is 11.2 Å². The third kappa shape index (κ3) is 2.90. The van der Waals surface area contributed by atoms with Crippen LogP contribution >= 0.6 is 0 Å². The second-order valence-electron chi connectivity index (χ2n) is 5.57. The number of carbonyl (C=O) groups excluding carboxylic acids is 1. The fraction of sp³-hybridized carbons (Fsp3) is 0.278. The zero-order valence-corrected chi connectivity index (χ0v) is 11.5. The van der Waals surface area contributed by atoms with Gasteiger partial charge < -0.3 is 5.73 Å². The van der Waals surface area contributed by atoms with Crippen LogP contribution in [0.5, 0.6) is 0 Å². The van der Waals surface area contributed by atoms with Gasteiger partial charge in [-0.15, -0.1) is 0 Å². The summed E-state index contributed by atoms with van der Waals surface area (Å²) >= 11 is 0. The molecule has 2 N–H and O–H groups in total. The molecule has 0 heterocycles. The lowest BCUT2D eigenvalue weighted by Crippen LogP contribution is -2.04. The molecule has 0 saturated heterocycles. The molecule has 2 aromatic rings. The van der Waals surface area contributed by atoms with Crippen molar-refractivity contribution in [3.8, 4) is 0 Å². The first-order valence-electron chi connectivity index (χ1n) is 7.16. The van der Waals surface area contributed by atoms with Crippen molar-refractivity contribution in [3.63, 3.8) is 0 Å². The molecule has 0 amide bonds. The molecular weight excluding hydrogens is 246 g/mol. The van der Waals surface area contributed by atoms with Crippen molar-refractivity contribution in [1.29, 1.82) is 0 Å². The van der Waals surface area contributed by atoms with Crippen LogP contribution in [0.1, 0.15) is 29.9 Å². The van der Waals surface area contributed by atoms with E-state index in [-0.39, 0.29) is 5.92 Å². The van der Waals surface area contributed by atoms with Crippen molar-refractivity contribution in [3.05, 3.63) is 65.7 Å². The first-order chi connectivity index (χ1) is 9.74. The molecule has 102 valence electrons. The molecular formula is C18H19NO. The van der Waals surface area contributed by atoms with E-state index in [1.807, 2.05) is 42.5 Å². The van der Waals surface area contributed by atoms with E-state index in [9.17, 15) is 4.79 Å². The number of nitrogens with two attached hydrogens (primary N) is 1. The first kappa shape index (κ1) is 12.9. The zero-order valence-electron chi connectivity index (χ0n) is 11.5. The number of aryl methyl sites for hydroxylation is 1. The summed E-state index contributed by atoms with van der Waals surface area (Å²) in [6, 6.07) is 18.1. The van der Waals surface area contributed by atoms with E-state index < -0.39 is 0 Å². The molecule has 2 aromatic carbocycles. The largest absolute Gasteiger partial charge is 0.399 e. The summed E-state index contributed by atoms with van der Waals surface area (Å²) in [6.07, 6.45) is 2.47. The maximum atomic E-state index is 12.2. The molecule has 2 unspecified atom stereocenters. The third-order valence-corrected chi connectivity index (χ3v) is 4.07. The van der Waals surface area contributed by atoms with E-state index in [4.69, 9.17) is 5.73 Å². The number of benzene rings is 2. The van der Waals surface area contributed by atoms with Gasteiger partial charge in [-0.05, 0) is 42.0 Å². The number of nitrogen functional groups attached to an aromatic ring is 1. The predicted octanol–water partition coefficient (Wildman–Crippen LogP) is 3.57. The van der Waals surface area contributed by atoms with Crippen molar-refractivity contribution < 1.29 is 4.79 Å². The van der Waals surface area contributed by atoms with Crippen LogP contribution in [0.15, 0.2) is 54.6 Å². The Labute approximate surface area is 119 Å². The molecule has 0 bridgehead atoms. The monoisotopic (exact) mass is 265 g/mol. The topological polar surface area (TPSA) is 43.1 Å². The SMILES string of the molecule is Nc1ccc(CCC(=O)C2CC2c2ccccc2)cc1. The average molecular weight is 265 g/mol. The Morgan fingerprint density at radius 1 is 1.05 bits per heavy atom. The predicted molar refractivity (Wildman–Crippen MR) is 81.5 cm³/mol. The van der Waals surface area contributed by atoms with Gasteiger partial charge in [0.05, 0.1) is 0 Å². The van der Waals surface area contributed by atoms with E-state index in [0.29, 0.717) is 18.1 Å². The van der Waals surface area contributed by atoms with E-state index >= 15 is 0 Å². The van der Waals surface area contributed by atoms with Crippen LogP contribution in [0.2, 0.25) is 0 Å². The lowest BCUT2D eigenvalue weighted by Gasteiger charge is -2.02. The summed E-state index contributed by atoms with van der Waals surface area (Å²) in [5.41, 5.74) is 8.92. The lowest BCUT2D eigenvalue weighted by molar-refractivity contribution is -0.120. The van der Waals surface area contributed by atoms with Gasteiger partial charge in [0.1, 0.15) is 5.78 Å². The van der Waals surface area contributed by atoms with Crippen LogP contribution in [0, 0.1) is 5.92 Å². The Morgan fingerprint density at radius 3 is 2.45 bits per heavy atom. The number of hydrogen-bond acceptors (Lipinski definition) is 2. The van der Waals surface area contributed by atoms with Crippen molar-refractivity contribution in [2.75, 3.05) is 5.73 Å². The normalized spacial score (nSPS) is 20.6. The summed E-state index contributed by atoms with van der Waals surface area (Å²) in [5, 5.41) is 0. The quantitative estimate of drug-likeness (QED) is 0.840.